The fourth-order valence-electron chi connectivity index (χ4n) is 2.59. The smallest absolute Gasteiger partial charge is 0.233 e. The van der Waals surface area contributed by atoms with E-state index in [0.717, 1.165) is 22.6 Å². The van der Waals surface area contributed by atoms with Crippen molar-refractivity contribution in [1.29, 1.82) is 0 Å². The van der Waals surface area contributed by atoms with E-state index in [1.54, 1.807) is 12.1 Å². The van der Waals surface area contributed by atoms with Gasteiger partial charge in [-0.2, -0.15) is 5.10 Å². The average molecular weight is 355 g/mol. The van der Waals surface area contributed by atoms with Crippen molar-refractivity contribution in [3.05, 3.63) is 65.9 Å². The Bertz CT molecular complexity index is 986. The summed E-state index contributed by atoms with van der Waals surface area (Å²) in [5.41, 5.74) is 4.98. The second-order valence-electron chi connectivity index (χ2n) is 6.43. The van der Waals surface area contributed by atoms with Gasteiger partial charge in [-0.05, 0) is 43.2 Å². The van der Waals surface area contributed by atoms with Crippen LogP contribution < -0.4 is 5.14 Å². The molecule has 3 rings (SSSR count). The van der Waals surface area contributed by atoms with Crippen molar-refractivity contribution in [2.75, 3.05) is 0 Å². The van der Waals surface area contributed by atoms with Gasteiger partial charge in [0, 0.05) is 5.56 Å². The Balaban J connectivity index is 2.13. The fraction of sp³-hybridized carbons (Fsp3) is 0.211. The number of hydrogen-bond donors (Lipinski definition) is 1. The minimum Gasteiger partial charge on any atom is -0.233 e. The van der Waals surface area contributed by atoms with Crippen LogP contribution >= 0.6 is 0 Å². The summed E-state index contributed by atoms with van der Waals surface area (Å²) in [5, 5.41) is 9.88. The SMILES string of the molecule is Cc1ccc(-c2cc(C(C)C)nn2-c2ccc(S(N)(=O)=O)cc2)cc1. The van der Waals surface area contributed by atoms with E-state index in [9.17, 15) is 8.42 Å². The summed E-state index contributed by atoms with van der Waals surface area (Å²) in [7, 11) is -3.71. The number of sulfonamides is 1. The van der Waals surface area contributed by atoms with Crippen LogP contribution in [0.3, 0.4) is 0 Å². The zero-order valence-corrected chi connectivity index (χ0v) is 15.3. The molecule has 2 N–H and O–H groups in total. The van der Waals surface area contributed by atoms with Gasteiger partial charge in [0.1, 0.15) is 0 Å². The Hall–Kier alpha value is -2.44. The second kappa shape index (κ2) is 6.46. The number of hydrogen-bond acceptors (Lipinski definition) is 3. The topological polar surface area (TPSA) is 78.0 Å². The van der Waals surface area contributed by atoms with Crippen LogP contribution in [0, 0.1) is 6.92 Å². The highest BCUT2D eigenvalue weighted by molar-refractivity contribution is 7.89. The first-order chi connectivity index (χ1) is 11.8. The minimum absolute atomic E-state index is 0.0874. The molecule has 0 aliphatic heterocycles. The molecular weight excluding hydrogens is 334 g/mol. The first kappa shape index (κ1) is 17.4. The summed E-state index contributed by atoms with van der Waals surface area (Å²) < 4.78 is 24.7. The number of nitrogens with two attached hydrogens (primary N) is 1. The zero-order chi connectivity index (χ0) is 18.2. The maximum Gasteiger partial charge on any atom is 0.238 e. The Morgan fingerprint density at radius 3 is 2.12 bits per heavy atom. The van der Waals surface area contributed by atoms with E-state index < -0.39 is 10.0 Å². The Labute approximate surface area is 148 Å². The van der Waals surface area contributed by atoms with Crippen LogP contribution in [0.4, 0.5) is 0 Å². The summed E-state index contributed by atoms with van der Waals surface area (Å²) in [6.45, 7) is 6.23. The minimum atomic E-state index is -3.71. The van der Waals surface area contributed by atoms with Gasteiger partial charge >= 0.3 is 0 Å². The van der Waals surface area contributed by atoms with Gasteiger partial charge in [0.15, 0.2) is 0 Å². The van der Waals surface area contributed by atoms with Gasteiger partial charge < -0.3 is 0 Å². The molecule has 0 spiro atoms. The van der Waals surface area contributed by atoms with Crippen molar-refractivity contribution in [3.63, 3.8) is 0 Å². The van der Waals surface area contributed by atoms with Gasteiger partial charge in [0.05, 0.1) is 22.0 Å². The number of aromatic nitrogens is 2. The maximum absolute atomic E-state index is 11.4. The molecule has 0 atom stereocenters. The normalized spacial score (nSPS) is 11.9. The molecule has 1 heterocycles. The number of rotatable bonds is 4. The van der Waals surface area contributed by atoms with Crippen molar-refractivity contribution >= 4 is 10.0 Å². The van der Waals surface area contributed by atoms with Gasteiger partial charge in [-0.25, -0.2) is 18.2 Å². The van der Waals surface area contributed by atoms with E-state index in [0.29, 0.717) is 0 Å². The molecule has 2 aromatic carbocycles. The van der Waals surface area contributed by atoms with E-state index in [4.69, 9.17) is 10.2 Å². The first-order valence-electron chi connectivity index (χ1n) is 8.06. The molecule has 25 heavy (non-hydrogen) atoms. The molecule has 0 saturated carbocycles. The molecule has 0 saturated heterocycles. The molecule has 0 amide bonds. The molecule has 6 heteroatoms. The number of benzene rings is 2. The van der Waals surface area contributed by atoms with E-state index in [-0.39, 0.29) is 10.8 Å². The lowest BCUT2D eigenvalue weighted by Gasteiger charge is -2.09. The average Bonchev–Trinajstić information content (AvgIpc) is 3.00. The highest BCUT2D eigenvalue weighted by Crippen LogP contribution is 2.27. The van der Waals surface area contributed by atoms with Crippen LogP contribution in [0.1, 0.15) is 31.0 Å². The van der Waals surface area contributed by atoms with Gasteiger partial charge in [-0.3, -0.25) is 0 Å². The largest absolute Gasteiger partial charge is 0.238 e. The fourth-order valence-corrected chi connectivity index (χ4v) is 3.10. The molecular formula is C19H21N3O2S. The van der Waals surface area contributed by atoms with Gasteiger partial charge in [-0.1, -0.05) is 43.7 Å². The maximum atomic E-state index is 11.4. The highest BCUT2D eigenvalue weighted by atomic mass is 32.2. The molecule has 1 aromatic heterocycles. The van der Waals surface area contributed by atoms with E-state index in [1.165, 1.54) is 17.7 Å². The quantitative estimate of drug-likeness (QED) is 0.776. The lowest BCUT2D eigenvalue weighted by Crippen LogP contribution is -2.12. The lowest BCUT2D eigenvalue weighted by molar-refractivity contribution is 0.598. The summed E-state index contributed by atoms with van der Waals surface area (Å²) >= 11 is 0. The third-order valence-corrected chi connectivity index (χ3v) is 5.01. The predicted molar refractivity (Wildman–Crippen MR) is 99.2 cm³/mol. The lowest BCUT2D eigenvalue weighted by atomic mass is 10.1. The summed E-state index contributed by atoms with van der Waals surface area (Å²) in [4.78, 5) is 0.0874. The Morgan fingerprint density at radius 1 is 1.00 bits per heavy atom. The van der Waals surface area contributed by atoms with Gasteiger partial charge in [-0.15, -0.1) is 0 Å². The predicted octanol–water partition coefficient (Wildman–Crippen LogP) is 3.62. The molecule has 0 aliphatic rings. The molecule has 0 unspecified atom stereocenters. The zero-order valence-electron chi connectivity index (χ0n) is 14.5. The van der Waals surface area contributed by atoms with Crippen molar-refractivity contribution in [2.45, 2.75) is 31.6 Å². The van der Waals surface area contributed by atoms with Gasteiger partial charge in [0.25, 0.3) is 0 Å². The van der Waals surface area contributed by atoms with Crippen LogP contribution in [0.25, 0.3) is 16.9 Å². The molecule has 130 valence electrons. The number of aryl methyl sites for hydroxylation is 1. The highest BCUT2D eigenvalue weighted by Gasteiger charge is 2.15. The van der Waals surface area contributed by atoms with Crippen molar-refractivity contribution in [3.8, 4) is 16.9 Å². The molecule has 0 aliphatic carbocycles. The van der Waals surface area contributed by atoms with Crippen molar-refractivity contribution in [1.82, 2.24) is 9.78 Å². The second-order valence-corrected chi connectivity index (χ2v) is 7.99. The monoisotopic (exact) mass is 355 g/mol. The third-order valence-electron chi connectivity index (χ3n) is 4.08. The summed E-state index contributed by atoms with van der Waals surface area (Å²) in [6.07, 6.45) is 0. The molecule has 0 bridgehead atoms. The standard InChI is InChI=1S/C19H21N3O2S/c1-13(2)18-12-19(15-6-4-14(3)5-7-15)22(21-18)16-8-10-17(11-9-16)25(20,23)24/h4-13H,1-3H3,(H2,20,23,24). The molecule has 5 nitrogen and oxygen atoms in total. The molecule has 0 radical (unpaired) electrons. The summed E-state index contributed by atoms with van der Waals surface area (Å²) in [6, 6.07) is 16.8. The van der Waals surface area contributed by atoms with E-state index in [2.05, 4.69) is 44.2 Å². The number of primary sulfonamides is 1. The number of nitrogens with zero attached hydrogens (tertiary/aromatic N) is 2. The van der Waals surface area contributed by atoms with Crippen LogP contribution in [0.15, 0.2) is 59.5 Å². The van der Waals surface area contributed by atoms with Crippen LogP contribution in [0.5, 0.6) is 0 Å². The molecule has 0 fully saturated rings. The Kier molecular flexibility index (Phi) is 4.49. The van der Waals surface area contributed by atoms with E-state index >= 15 is 0 Å². The van der Waals surface area contributed by atoms with Crippen molar-refractivity contribution in [2.24, 2.45) is 5.14 Å². The third kappa shape index (κ3) is 3.65. The molecule has 3 aromatic rings. The van der Waals surface area contributed by atoms with Crippen molar-refractivity contribution < 1.29 is 8.42 Å². The van der Waals surface area contributed by atoms with Gasteiger partial charge in [0.2, 0.25) is 10.0 Å². The van der Waals surface area contributed by atoms with Crippen LogP contribution in [-0.4, -0.2) is 18.2 Å². The van der Waals surface area contributed by atoms with Crippen LogP contribution in [-0.2, 0) is 10.0 Å². The Morgan fingerprint density at radius 2 is 1.60 bits per heavy atom. The van der Waals surface area contributed by atoms with Crippen LogP contribution in [0.2, 0.25) is 0 Å². The summed E-state index contributed by atoms with van der Waals surface area (Å²) in [5.74, 6) is 0.286. The first-order valence-corrected chi connectivity index (χ1v) is 9.60. The van der Waals surface area contributed by atoms with E-state index in [1.807, 2.05) is 11.6 Å².